The van der Waals surface area contributed by atoms with Gasteiger partial charge in [0, 0.05) is 43.5 Å². The number of ether oxygens (including phenoxy) is 2. The molecule has 6 heterocycles. The summed E-state index contributed by atoms with van der Waals surface area (Å²) in [5, 5.41) is 2.06. The van der Waals surface area contributed by atoms with Crippen molar-refractivity contribution in [3.8, 4) is 0 Å². The Morgan fingerprint density at radius 2 is 1.67 bits per heavy atom. The van der Waals surface area contributed by atoms with Crippen molar-refractivity contribution in [2.45, 2.75) is 56.9 Å². The van der Waals surface area contributed by atoms with Gasteiger partial charge in [0.05, 0.1) is 35.6 Å². The summed E-state index contributed by atoms with van der Waals surface area (Å²) in [5.41, 5.74) is 3.46. The molecule has 0 unspecified atom stereocenters. The molecular formula is C24H31N5O2S2. The molecule has 176 valence electrons. The Balaban J connectivity index is 1.62. The van der Waals surface area contributed by atoms with Crippen LogP contribution in [0.15, 0.2) is 5.16 Å². The maximum atomic E-state index is 6.28. The number of rotatable bonds is 3. The third-order valence-electron chi connectivity index (χ3n) is 6.98. The highest BCUT2D eigenvalue weighted by Gasteiger charge is 2.34. The van der Waals surface area contributed by atoms with E-state index in [4.69, 9.17) is 24.4 Å². The van der Waals surface area contributed by atoms with Crippen LogP contribution < -0.4 is 9.80 Å². The van der Waals surface area contributed by atoms with E-state index in [1.54, 1.807) is 23.1 Å². The number of thioether (sulfide) groups is 1. The van der Waals surface area contributed by atoms with E-state index >= 15 is 0 Å². The molecule has 0 aromatic carbocycles. The molecule has 3 aliphatic heterocycles. The lowest BCUT2D eigenvalue weighted by atomic mass is 9.90. The van der Waals surface area contributed by atoms with Crippen LogP contribution in [0.25, 0.3) is 20.4 Å². The molecule has 0 aliphatic carbocycles. The van der Waals surface area contributed by atoms with Crippen molar-refractivity contribution < 1.29 is 9.47 Å². The number of thiophene rings is 1. The highest BCUT2D eigenvalue weighted by Crippen LogP contribution is 2.45. The second-order valence-electron chi connectivity index (χ2n) is 9.76. The van der Waals surface area contributed by atoms with Crippen molar-refractivity contribution in [1.29, 1.82) is 0 Å². The summed E-state index contributed by atoms with van der Waals surface area (Å²) >= 11 is 3.39. The molecule has 7 nitrogen and oxygen atoms in total. The highest BCUT2D eigenvalue weighted by molar-refractivity contribution is 7.98. The van der Waals surface area contributed by atoms with Crippen LogP contribution >= 0.6 is 23.1 Å². The molecule has 3 aromatic heterocycles. The first kappa shape index (κ1) is 21.8. The second-order valence-corrected chi connectivity index (χ2v) is 11.5. The fourth-order valence-electron chi connectivity index (χ4n) is 5.27. The van der Waals surface area contributed by atoms with Crippen molar-refractivity contribution in [1.82, 2.24) is 15.0 Å². The summed E-state index contributed by atoms with van der Waals surface area (Å²) in [5.74, 6) is 2.17. The summed E-state index contributed by atoms with van der Waals surface area (Å²) < 4.78 is 13.1. The molecule has 6 rings (SSSR count). The minimum Gasteiger partial charge on any atom is -0.378 e. The van der Waals surface area contributed by atoms with Crippen LogP contribution in [0.4, 0.5) is 11.6 Å². The topological polar surface area (TPSA) is 63.6 Å². The number of anilines is 2. The lowest BCUT2D eigenvalue weighted by Gasteiger charge is -2.36. The molecule has 9 heteroatoms. The largest absolute Gasteiger partial charge is 0.378 e. The van der Waals surface area contributed by atoms with Crippen molar-refractivity contribution in [3.63, 3.8) is 0 Å². The predicted molar refractivity (Wildman–Crippen MR) is 136 cm³/mol. The molecule has 3 aliphatic rings. The number of nitrogens with zero attached hydrogens (tertiary/aromatic N) is 5. The fraction of sp³-hybridized carbons (Fsp3) is 0.625. The number of aromatic nitrogens is 3. The number of hydrogen-bond acceptors (Lipinski definition) is 9. The van der Waals surface area contributed by atoms with Crippen LogP contribution in [-0.2, 0) is 22.5 Å². The van der Waals surface area contributed by atoms with Gasteiger partial charge in [0.2, 0.25) is 0 Å². The summed E-state index contributed by atoms with van der Waals surface area (Å²) in [7, 11) is 0. The van der Waals surface area contributed by atoms with Gasteiger partial charge in [-0.25, -0.2) is 15.0 Å². The van der Waals surface area contributed by atoms with Crippen LogP contribution in [0, 0.1) is 0 Å². The van der Waals surface area contributed by atoms with Gasteiger partial charge < -0.3 is 19.3 Å². The SMILES string of the molecule is CSc1nc(N2CCCCC2)c2sc3nc(N4CCOCC4)c4c(c3c2n1)CC(C)(C)OC4. The molecule has 0 N–H and O–H groups in total. The molecule has 0 spiro atoms. The first-order valence-corrected chi connectivity index (χ1v) is 14.0. The van der Waals surface area contributed by atoms with Gasteiger partial charge in [0.25, 0.3) is 0 Å². The lowest BCUT2D eigenvalue weighted by molar-refractivity contribution is -0.0396. The first-order chi connectivity index (χ1) is 16.0. The molecule has 33 heavy (non-hydrogen) atoms. The predicted octanol–water partition coefficient (Wildman–Crippen LogP) is 4.64. The molecule has 0 radical (unpaired) electrons. The average molecular weight is 486 g/mol. The van der Waals surface area contributed by atoms with Crippen LogP contribution in [0.2, 0.25) is 0 Å². The lowest BCUT2D eigenvalue weighted by Crippen LogP contribution is -2.39. The van der Waals surface area contributed by atoms with Crippen molar-refractivity contribution >= 4 is 55.2 Å². The van der Waals surface area contributed by atoms with Crippen molar-refractivity contribution in [2.24, 2.45) is 0 Å². The Hall–Kier alpha value is -1.68. The Bertz CT molecular complexity index is 1200. The maximum Gasteiger partial charge on any atom is 0.189 e. The van der Waals surface area contributed by atoms with Crippen LogP contribution in [0.5, 0.6) is 0 Å². The van der Waals surface area contributed by atoms with E-state index in [1.807, 2.05) is 0 Å². The smallest absolute Gasteiger partial charge is 0.189 e. The van der Waals surface area contributed by atoms with Crippen LogP contribution in [0.3, 0.4) is 0 Å². The van der Waals surface area contributed by atoms with Gasteiger partial charge in [-0.3, -0.25) is 0 Å². The number of fused-ring (bicyclic) bond motifs is 5. The van der Waals surface area contributed by atoms with Crippen molar-refractivity contribution in [2.75, 3.05) is 55.4 Å². The third kappa shape index (κ3) is 3.87. The quantitative estimate of drug-likeness (QED) is 0.393. The number of pyridine rings is 1. The molecule has 0 amide bonds. The van der Waals surface area contributed by atoms with Gasteiger partial charge in [-0.2, -0.15) is 0 Å². The zero-order chi connectivity index (χ0) is 22.6. The molecule has 0 bridgehead atoms. The van der Waals surface area contributed by atoms with Crippen LogP contribution in [-0.4, -0.2) is 66.2 Å². The zero-order valence-electron chi connectivity index (χ0n) is 19.6. The number of piperidine rings is 1. The van der Waals surface area contributed by atoms with Gasteiger partial charge >= 0.3 is 0 Å². The van der Waals surface area contributed by atoms with Gasteiger partial charge in [-0.05, 0) is 44.9 Å². The Kier molecular flexibility index (Phi) is 5.63. The summed E-state index contributed by atoms with van der Waals surface area (Å²) in [6.07, 6.45) is 6.69. The first-order valence-electron chi connectivity index (χ1n) is 12.0. The fourth-order valence-corrected chi connectivity index (χ4v) is 6.79. The highest BCUT2D eigenvalue weighted by atomic mass is 32.2. The molecule has 0 saturated carbocycles. The minimum absolute atomic E-state index is 0.205. The Labute approximate surface area is 202 Å². The minimum atomic E-state index is -0.205. The summed E-state index contributed by atoms with van der Waals surface area (Å²) in [6.45, 7) is 10.3. The van der Waals surface area contributed by atoms with E-state index in [-0.39, 0.29) is 5.60 Å². The van der Waals surface area contributed by atoms with Gasteiger partial charge in [0.1, 0.15) is 10.6 Å². The monoisotopic (exact) mass is 485 g/mol. The molecule has 0 atom stereocenters. The average Bonchev–Trinajstić information content (AvgIpc) is 3.22. The normalized spacial score (nSPS) is 21.1. The molecular weight excluding hydrogens is 454 g/mol. The number of hydrogen-bond donors (Lipinski definition) is 0. The van der Waals surface area contributed by atoms with Gasteiger partial charge in [-0.15, -0.1) is 11.3 Å². The van der Waals surface area contributed by atoms with E-state index in [2.05, 4.69) is 29.9 Å². The van der Waals surface area contributed by atoms with Crippen molar-refractivity contribution in [3.05, 3.63) is 11.1 Å². The maximum absolute atomic E-state index is 6.28. The molecule has 2 fully saturated rings. The van der Waals surface area contributed by atoms with Crippen LogP contribution in [0.1, 0.15) is 44.2 Å². The second kappa shape index (κ2) is 8.52. The van der Waals surface area contributed by atoms with E-state index in [0.29, 0.717) is 6.61 Å². The third-order valence-corrected chi connectivity index (χ3v) is 8.60. The van der Waals surface area contributed by atoms with E-state index < -0.39 is 0 Å². The summed E-state index contributed by atoms with van der Waals surface area (Å²) in [6, 6.07) is 0. The van der Waals surface area contributed by atoms with E-state index in [1.165, 1.54) is 40.5 Å². The molecule has 3 aromatic rings. The van der Waals surface area contributed by atoms with E-state index in [9.17, 15) is 0 Å². The Morgan fingerprint density at radius 3 is 2.42 bits per heavy atom. The molecule has 2 saturated heterocycles. The van der Waals surface area contributed by atoms with Gasteiger partial charge in [-0.1, -0.05) is 11.8 Å². The summed E-state index contributed by atoms with van der Waals surface area (Å²) in [4.78, 5) is 21.2. The standard InChI is InChI=1S/C24H31N5O2S2/c1-24(2)13-15-16(14-31-24)20(29-9-11-30-12-10-29)26-22-17(15)18-19(33-22)21(27-23(25-18)32-3)28-7-5-4-6-8-28/h4-14H2,1-3H3. The van der Waals surface area contributed by atoms with Gasteiger partial charge in [0.15, 0.2) is 11.0 Å². The Morgan fingerprint density at radius 1 is 0.909 bits per heavy atom. The number of morpholine rings is 1. The zero-order valence-corrected chi connectivity index (χ0v) is 21.3. The van der Waals surface area contributed by atoms with E-state index in [0.717, 1.165) is 73.0 Å².